The predicted octanol–water partition coefficient (Wildman–Crippen LogP) is 9.28. The molecular formula is C42H33GeN. The number of hydrogen-bond donors (Lipinski definition) is 0. The van der Waals surface area contributed by atoms with Gasteiger partial charge in [-0.05, 0) is 35.4 Å². The molecule has 0 heterocycles. The van der Waals surface area contributed by atoms with Crippen molar-refractivity contribution in [1.82, 2.24) is 0 Å². The fourth-order valence-electron chi connectivity index (χ4n) is 5.76. The average Bonchev–Trinajstić information content (AvgIpc) is 3.11. The zero-order chi connectivity index (χ0) is 29.6. The first-order chi connectivity index (χ1) is 21.8. The summed E-state index contributed by atoms with van der Waals surface area (Å²) in [5.74, 6) is 0. The van der Waals surface area contributed by atoms with E-state index < -0.39 is 15.4 Å². The minimum atomic E-state index is -0.918. The quantitative estimate of drug-likeness (QED) is 0.153. The van der Waals surface area contributed by atoms with Crippen LogP contribution in [0.1, 0.15) is 0 Å². The van der Waals surface area contributed by atoms with Gasteiger partial charge in [0.2, 0.25) is 0 Å². The van der Waals surface area contributed by atoms with Gasteiger partial charge in [-0.25, -0.2) is 0 Å². The van der Waals surface area contributed by atoms with Crippen molar-refractivity contribution in [1.29, 1.82) is 0 Å². The molecule has 0 spiro atoms. The topological polar surface area (TPSA) is 3.24 Å². The van der Waals surface area contributed by atoms with Crippen molar-refractivity contribution < 1.29 is 0 Å². The van der Waals surface area contributed by atoms with E-state index >= 15 is 0 Å². The summed E-state index contributed by atoms with van der Waals surface area (Å²) in [5.41, 5.74) is 10.8. The van der Waals surface area contributed by atoms with Crippen molar-refractivity contribution in [2.45, 2.75) is 0 Å². The summed E-state index contributed by atoms with van der Waals surface area (Å²) in [6.45, 7) is 0. The zero-order valence-corrected chi connectivity index (χ0v) is 27.5. The SMILES string of the molecule is c1cc[c]([GeH2][c]2ccc(-c3ccc(-c4ccc(N(c5ccccc5)c5ccc(-c6ccccc6)cc5)cc4)cc3)cc2)cc1. The number of anilines is 3. The molecule has 2 heteroatoms. The molecule has 0 N–H and O–H groups in total. The molecule has 0 saturated carbocycles. The van der Waals surface area contributed by atoms with E-state index in [9.17, 15) is 0 Å². The van der Waals surface area contributed by atoms with Gasteiger partial charge in [0.25, 0.3) is 0 Å². The molecule has 0 unspecified atom stereocenters. The van der Waals surface area contributed by atoms with Gasteiger partial charge in [-0.3, -0.25) is 0 Å². The Bertz CT molecular complexity index is 1920. The van der Waals surface area contributed by atoms with Crippen LogP contribution in [0.2, 0.25) is 0 Å². The van der Waals surface area contributed by atoms with Crippen LogP contribution in [0.3, 0.4) is 0 Å². The van der Waals surface area contributed by atoms with Crippen molar-refractivity contribution in [2.75, 3.05) is 4.90 Å². The van der Waals surface area contributed by atoms with Crippen molar-refractivity contribution in [3.8, 4) is 33.4 Å². The second kappa shape index (κ2) is 13.0. The molecule has 0 amide bonds. The van der Waals surface area contributed by atoms with E-state index in [1.54, 1.807) is 0 Å². The fourth-order valence-corrected chi connectivity index (χ4v) is 8.81. The molecule has 7 aromatic rings. The van der Waals surface area contributed by atoms with Gasteiger partial charge in [0, 0.05) is 11.4 Å². The molecule has 1 nitrogen and oxygen atoms in total. The summed E-state index contributed by atoms with van der Waals surface area (Å²) in [6.07, 6.45) is 0. The Morgan fingerprint density at radius 1 is 0.250 bits per heavy atom. The van der Waals surface area contributed by atoms with Crippen LogP contribution < -0.4 is 13.7 Å². The standard InChI is InChI=1S/C42H33GeN/c1-4-10-32(11-5-1)36-22-28-41(29-23-36)44(40-14-8-3-9-15-40)42-30-24-37(25-31-42)34-18-16-33(17-19-34)35-20-26-39(27-21-35)43-38-12-6-2-7-13-38/h1-31H,43H2. The molecular weight excluding hydrogens is 591 g/mol. The van der Waals surface area contributed by atoms with Gasteiger partial charge in [-0.15, -0.1) is 0 Å². The van der Waals surface area contributed by atoms with E-state index in [0.717, 1.165) is 17.1 Å². The van der Waals surface area contributed by atoms with Gasteiger partial charge in [0.05, 0.1) is 0 Å². The first-order valence-electron chi connectivity index (χ1n) is 15.1. The Labute approximate surface area is 266 Å². The van der Waals surface area contributed by atoms with Crippen molar-refractivity contribution in [3.63, 3.8) is 0 Å². The normalized spacial score (nSPS) is 11.1. The Morgan fingerprint density at radius 3 is 1.00 bits per heavy atom. The van der Waals surface area contributed by atoms with Gasteiger partial charge in [-0.1, -0.05) is 60.7 Å². The molecule has 7 rings (SSSR count). The molecule has 7 aromatic carbocycles. The van der Waals surface area contributed by atoms with Gasteiger partial charge in [-0.2, -0.15) is 0 Å². The van der Waals surface area contributed by atoms with E-state index in [1.165, 1.54) is 42.2 Å². The fraction of sp³-hybridized carbons (Fsp3) is 0. The van der Waals surface area contributed by atoms with Gasteiger partial charge in [0.15, 0.2) is 0 Å². The van der Waals surface area contributed by atoms with Crippen molar-refractivity contribution in [3.05, 3.63) is 188 Å². The third-order valence-electron chi connectivity index (χ3n) is 8.13. The van der Waals surface area contributed by atoms with Crippen LogP contribution >= 0.6 is 0 Å². The number of hydrogen-bond acceptors (Lipinski definition) is 1. The maximum atomic E-state index is 2.32. The van der Waals surface area contributed by atoms with Gasteiger partial charge in [0.1, 0.15) is 0 Å². The number of rotatable bonds is 8. The monoisotopic (exact) mass is 625 g/mol. The number of nitrogens with zero attached hydrogens (tertiary/aromatic N) is 1. The first-order valence-corrected chi connectivity index (χ1v) is 18.1. The summed E-state index contributed by atoms with van der Waals surface area (Å²) in [4.78, 5) is 2.31. The van der Waals surface area contributed by atoms with Crippen molar-refractivity contribution in [2.24, 2.45) is 0 Å². The molecule has 0 radical (unpaired) electrons. The van der Waals surface area contributed by atoms with Crippen molar-refractivity contribution >= 4 is 41.3 Å². The van der Waals surface area contributed by atoms with E-state index in [0.29, 0.717) is 0 Å². The van der Waals surface area contributed by atoms with Crippen LogP contribution in [-0.4, -0.2) is 15.4 Å². The number of benzene rings is 7. The maximum absolute atomic E-state index is 2.32. The molecule has 0 aliphatic heterocycles. The second-order valence-corrected chi connectivity index (χ2v) is 15.2. The molecule has 0 atom stereocenters. The van der Waals surface area contributed by atoms with Crippen LogP contribution in [0, 0.1) is 0 Å². The first kappa shape index (κ1) is 27.7. The van der Waals surface area contributed by atoms with E-state index in [-0.39, 0.29) is 0 Å². The second-order valence-electron chi connectivity index (χ2n) is 11.1. The van der Waals surface area contributed by atoms with E-state index in [2.05, 4.69) is 193 Å². The Morgan fingerprint density at radius 2 is 0.545 bits per heavy atom. The van der Waals surface area contributed by atoms with Gasteiger partial charge >= 0.3 is 155 Å². The Hall–Kier alpha value is -5.12. The van der Waals surface area contributed by atoms with Crippen LogP contribution in [0.25, 0.3) is 33.4 Å². The third-order valence-corrected chi connectivity index (χ3v) is 11.8. The molecule has 0 fully saturated rings. The van der Waals surface area contributed by atoms with Crippen LogP contribution in [0.15, 0.2) is 188 Å². The van der Waals surface area contributed by atoms with E-state index in [4.69, 9.17) is 0 Å². The molecule has 44 heavy (non-hydrogen) atoms. The summed E-state index contributed by atoms with van der Waals surface area (Å²) in [6, 6.07) is 67.9. The number of para-hydroxylation sites is 1. The summed E-state index contributed by atoms with van der Waals surface area (Å²) in [7, 11) is 0. The third kappa shape index (κ3) is 6.29. The zero-order valence-electron chi connectivity index (χ0n) is 24.6. The van der Waals surface area contributed by atoms with Crippen LogP contribution in [-0.2, 0) is 0 Å². The predicted molar refractivity (Wildman–Crippen MR) is 192 cm³/mol. The summed E-state index contributed by atoms with van der Waals surface area (Å²) >= 11 is -0.918. The molecule has 0 saturated heterocycles. The van der Waals surface area contributed by atoms with Crippen LogP contribution in [0.4, 0.5) is 17.1 Å². The molecule has 210 valence electrons. The van der Waals surface area contributed by atoms with Gasteiger partial charge < -0.3 is 4.90 Å². The molecule has 0 aromatic heterocycles. The Kier molecular flexibility index (Phi) is 8.20. The molecule has 0 aliphatic rings. The summed E-state index contributed by atoms with van der Waals surface area (Å²) in [5, 5.41) is 0. The minimum absolute atomic E-state index is 0.918. The van der Waals surface area contributed by atoms with E-state index in [1.807, 2.05) is 0 Å². The molecule has 0 bridgehead atoms. The van der Waals surface area contributed by atoms with Crippen LogP contribution in [0.5, 0.6) is 0 Å². The molecule has 0 aliphatic carbocycles. The Balaban J connectivity index is 1.10. The summed E-state index contributed by atoms with van der Waals surface area (Å²) < 4.78 is 3.04. The average molecular weight is 624 g/mol.